The average molecular weight is 476 g/mol. The van der Waals surface area contributed by atoms with E-state index in [1.54, 1.807) is 6.20 Å². The third-order valence-electron chi connectivity index (χ3n) is 5.17. The zero-order valence-electron chi connectivity index (χ0n) is 19.0. The molecule has 172 valence electrons. The number of hydrogen-bond donors (Lipinski definition) is 1. The lowest BCUT2D eigenvalue weighted by Crippen LogP contribution is -2.30. The van der Waals surface area contributed by atoms with Crippen molar-refractivity contribution in [1.29, 1.82) is 0 Å². The molecule has 0 unspecified atom stereocenters. The van der Waals surface area contributed by atoms with Gasteiger partial charge in [0.15, 0.2) is 0 Å². The number of carbonyl (C=O) groups is 1. The first-order valence-corrected chi connectivity index (χ1v) is 12.8. The summed E-state index contributed by atoms with van der Waals surface area (Å²) in [5.74, 6) is 1.39. The first kappa shape index (κ1) is 24.0. The van der Waals surface area contributed by atoms with Crippen LogP contribution in [0.2, 0.25) is 0 Å². The quantitative estimate of drug-likeness (QED) is 0.507. The SMILES string of the molecule is CCc1nccn1Cc1ccc(-c2c(S(=O)(=O)NC(=O)OC)sc(CC(C)C)c2C)cc1. The molecule has 7 nitrogen and oxygen atoms in total. The molecule has 0 aliphatic rings. The van der Waals surface area contributed by atoms with Gasteiger partial charge in [-0.15, -0.1) is 11.3 Å². The van der Waals surface area contributed by atoms with Crippen molar-refractivity contribution in [2.45, 2.75) is 51.3 Å². The number of aryl methyl sites for hydroxylation is 1. The van der Waals surface area contributed by atoms with Gasteiger partial charge >= 0.3 is 6.09 Å². The number of thiophene rings is 1. The Bertz CT molecular complexity index is 1190. The van der Waals surface area contributed by atoms with E-state index >= 15 is 0 Å². The van der Waals surface area contributed by atoms with E-state index in [2.05, 4.69) is 35.1 Å². The Kier molecular flexibility index (Phi) is 7.40. The second kappa shape index (κ2) is 9.87. The highest BCUT2D eigenvalue weighted by Gasteiger charge is 2.28. The number of aromatic nitrogens is 2. The lowest BCUT2D eigenvalue weighted by atomic mass is 9.99. The van der Waals surface area contributed by atoms with Gasteiger partial charge < -0.3 is 9.30 Å². The van der Waals surface area contributed by atoms with Crippen LogP contribution < -0.4 is 4.72 Å². The Morgan fingerprint density at radius 3 is 2.53 bits per heavy atom. The van der Waals surface area contributed by atoms with Crippen molar-refractivity contribution in [3.63, 3.8) is 0 Å². The van der Waals surface area contributed by atoms with Crippen LogP contribution >= 0.6 is 11.3 Å². The van der Waals surface area contributed by atoms with Gasteiger partial charge in [0.2, 0.25) is 0 Å². The maximum Gasteiger partial charge on any atom is 0.420 e. The summed E-state index contributed by atoms with van der Waals surface area (Å²) in [6.07, 6.45) is 4.36. The third-order valence-corrected chi connectivity index (χ3v) is 8.31. The second-order valence-corrected chi connectivity index (χ2v) is 11.0. The fourth-order valence-electron chi connectivity index (χ4n) is 3.59. The lowest BCUT2D eigenvalue weighted by molar-refractivity contribution is 0.177. The Hall–Kier alpha value is -2.65. The molecule has 2 heterocycles. The molecule has 0 saturated carbocycles. The van der Waals surface area contributed by atoms with Gasteiger partial charge in [0, 0.05) is 35.8 Å². The van der Waals surface area contributed by atoms with Crippen LogP contribution in [0.3, 0.4) is 0 Å². The van der Waals surface area contributed by atoms with Crippen LogP contribution in [0.1, 0.15) is 42.6 Å². The van der Waals surface area contributed by atoms with Gasteiger partial charge in [0.1, 0.15) is 10.0 Å². The molecule has 1 aromatic carbocycles. The normalized spacial score (nSPS) is 11.7. The molecule has 0 saturated heterocycles. The molecule has 0 spiro atoms. The summed E-state index contributed by atoms with van der Waals surface area (Å²) in [6, 6.07) is 7.86. The summed E-state index contributed by atoms with van der Waals surface area (Å²) < 4.78 is 34.7. The number of ether oxygens (including phenoxy) is 1. The minimum absolute atomic E-state index is 0.131. The number of amides is 1. The molecule has 3 rings (SSSR count). The summed E-state index contributed by atoms with van der Waals surface area (Å²) in [4.78, 5) is 17.0. The molecule has 0 fully saturated rings. The van der Waals surface area contributed by atoms with E-state index < -0.39 is 16.1 Å². The van der Waals surface area contributed by atoms with E-state index in [0.717, 1.165) is 47.3 Å². The number of hydrogen-bond acceptors (Lipinski definition) is 6. The molecule has 0 aliphatic heterocycles. The van der Waals surface area contributed by atoms with Crippen LogP contribution in [0.15, 0.2) is 40.9 Å². The summed E-state index contributed by atoms with van der Waals surface area (Å²) >= 11 is 1.21. The highest BCUT2D eigenvalue weighted by Crippen LogP contribution is 2.40. The molecule has 1 amide bonds. The maximum atomic E-state index is 13.0. The number of nitrogens with one attached hydrogen (secondary N) is 1. The molecule has 0 radical (unpaired) electrons. The molecule has 32 heavy (non-hydrogen) atoms. The van der Waals surface area contributed by atoms with Crippen molar-refractivity contribution in [3.8, 4) is 11.1 Å². The lowest BCUT2D eigenvalue weighted by Gasteiger charge is -2.10. The summed E-state index contributed by atoms with van der Waals surface area (Å²) in [5, 5.41) is 0. The van der Waals surface area contributed by atoms with Gasteiger partial charge in [-0.1, -0.05) is 45.0 Å². The van der Waals surface area contributed by atoms with E-state index in [1.165, 1.54) is 11.3 Å². The number of methoxy groups -OCH3 is 1. The number of sulfonamides is 1. The van der Waals surface area contributed by atoms with E-state index in [-0.39, 0.29) is 4.21 Å². The van der Waals surface area contributed by atoms with Crippen molar-refractivity contribution in [1.82, 2.24) is 14.3 Å². The smallest absolute Gasteiger partial charge is 0.420 e. The number of carbonyl (C=O) groups excluding carboxylic acids is 1. The van der Waals surface area contributed by atoms with Crippen molar-refractivity contribution in [2.75, 3.05) is 7.11 Å². The fraction of sp³-hybridized carbons (Fsp3) is 0.391. The van der Waals surface area contributed by atoms with Crippen molar-refractivity contribution in [3.05, 3.63) is 58.5 Å². The molecule has 0 atom stereocenters. The molecular weight excluding hydrogens is 446 g/mol. The van der Waals surface area contributed by atoms with Crippen molar-refractivity contribution >= 4 is 27.5 Å². The van der Waals surface area contributed by atoms with Crippen molar-refractivity contribution in [2.24, 2.45) is 5.92 Å². The van der Waals surface area contributed by atoms with Gasteiger partial charge in [0.25, 0.3) is 10.0 Å². The molecule has 1 N–H and O–H groups in total. The zero-order chi connectivity index (χ0) is 23.5. The Morgan fingerprint density at radius 2 is 1.94 bits per heavy atom. The van der Waals surface area contributed by atoms with Crippen LogP contribution in [0.5, 0.6) is 0 Å². The van der Waals surface area contributed by atoms with Crippen LogP contribution in [0, 0.1) is 12.8 Å². The van der Waals surface area contributed by atoms with E-state index in [0.29, 0.717) is 18.0 Å². The Labute approximate surface area is 193 Å². The minimum Gasteiger partial charge on any atom is -0.452 e. The second-order valence-electron chi connectivity index (χ2n) is 8.03. The van der Waals surface area contributed by atoms with Crippen LogP contribution in [-0.4, -0.2) is 31.2 Å². The number of imidazole rings is 1. The van der Waals surface area contributed by atoms with E-state index in [1.807, 2.05) is 42.1 Å². The molecule has 3 aromatic rings. The van der Waals surface area contributed by atoms with E-state index in [9.17, 15) is 13.2 Å². The Morgan fingerprint density at radius 1 is 1.25 bits per heavy atom. The zero-order valence-corrected chi connectivity index (χ0v) is 20.6. The average Bonchev–Trinajstić information content (AvgIpc) is 3.32. The largest absolute Gasteiger partial charge is 0.452 e. The van der Waals surface area contributed by atoms with Crippen molar-refractivity contribution < 1.29 is 17.9 Å². The van der Waals surface area contributed by atoms with Crippen LogP contribution in [0.4, 0.5) is 4.79 Å². The van der Waals surface area contributed by atoms with Gasteiger partial charge in [-0.2, -0.15) is 0 Å². The number of rotatable bonds is 8. The molecule has 0 bridgehead atoms. The number of benzene rings is 1. The maximum absolute atomic E-state index is 13.0. The number of nitrogens with zero attached hydrogens (tertiary/aromatic N) is 2. The predicted molar refractivity (Wildman–Crippen MR) is 126 cm³/mol. The van der Waals surface area contributed by atoms with Gasteiger partial charge in [-0.3, -0.25) is 0 Å². The first-order valence-electron chi connectivity index (χ1n) is 10.5. The molecular formula is C23H29N3O4S2. The predicted octanol–water partition coefficient (Wildman–Crippen LogP) is 4.77. The monoisotopic (exact) mass is 475 g/mol. The third kappa shape index (κ3) is 5.21. The summed E-state index contributed by atoms with van der Waals surface area (Å²) in [7, 11) is -2.93. The molecule has 0 aliphatic carbocycles. The van der Waals surface area contributed by atoms with E-state index in [4.69, 9.17) is 0 Å². The van der Waals surface area contributed by atoms with Crippen LogP contribution in [0.25, 0.3) is 11.1 Å². The molecule has 2 aromatic heterocycles. The highest BCUT2D eigenvalue weighted by atomic mass is 32.2. The summed E-state index contributed by atoms with van der Waals surface area (Å²) in [6.45, 7) is 8.89. The standard InChI is InChI=1S/C23H29N3O4S2/c1-6-20-24-11-12-26(20)14-17-7-9-18(10-8-17)21-16(4)19(13-15(2)3)31-22(21)32(28,29)25-23(27)30-5/h7-12,15H,6,13-14H2,1-5H3,(H,25,27). The van der Waals surface area contributed by atoms with Gasteiger partial charge in [0.05, 0.1) is 7.11 Å². The Balaban J connectivity index is 2.02. The summed E-state index contributed by atoms with van der Waals surface area (Å²) in [5.41, 5.74) is 3.44. The van der Waals surface area contributed by atoms with Gasteiger partial charge in [-0.25, -0.2) is 22.9 Å². The fourth-order valence-corrected chi connectivity index (χ4v) is 6.66. The first-order chi connectivity index (χ1) is 15.2. The minimum atomic E-state index is -4.07. The highest BCUT2D eigenvalue weighted by molar-refractivity contribution is 7.92. The molecule has 9 heteroatoms. The van der Waals surface area contributed by atoms with Crippen LogP contribution in [-0.2, 0) is 34.1 Å². The topological polar surface area (TPSA) is 90.3 Å². The van der Waals surface area contributed by atoms with Gasteiger partial charge in [-0.05, 0) is 36.0 Å².